The van der Waals surface area contributed by atoms with E-state index in [0.29, 0.717) is 17.0 Å². The molecule has 4 aromatic rings. The average Bonchev–Trinajstić information content (AvgIpc) is 3.09. The molecule has 7 heteroatoms. The van der Waals surface area contributed by atoms with Crippen LogP contribution in [0.15, 0.2) is 61.1 Å². The maximum Gasteiger partial charge on any atom is 0.178 e. The molecular weight excluding hydrogens is 344 g/mol. The van der Waals surface area contributed by atoms with E-state index in [1.807, 2.05) is 41.1 Å². The van der Waals surface area contributed by atoms with Gasteiger partial charge in [-0.1, -0.05) is 24.3 Å². The van der Waals surface area contributed by atoms with Gasteiger partial charge in [0, 0.05) is 23.0 Å². The Morgan fingerprint density at radius 3 is 2.67 bits per heavy atom. The Hall–Kier alpha value is -3.42. The SMILES string of the molecule is COc1cccc(-c2cn(-c3cccc(C(O)O)c3)c3ncnc(N)c23)c1. The van der Waals surface area contributed by atoms with Crippen molar-refractivity contribution in [2.45, 2.75) is 6.29 Å². The quantitative estimate of drug-likeness (QED) is 0.482. The van der Waals surface area contributed by atoms with Crippen LogP contribution in [0, 0.1) is 0 Å². The van der Waals surface area contributed by atoms with Gasteiger partial charge in [0.2, 0.25) is 0 Å². The lowest BCUT2D eigenvalue weighted by Crippen LogP contribution is -1.99. The number of nitrogens with two attached hydrogens (primary N) is 1. The van der Waals surface area contributed by atoms with E-state index < -0.39 is 6.29 Å². The number of aliphatic hydroxyl groups excluding tert-OH is 1. The molecule has 0 radical (unpaired) electrons. The second-order valence-electron chi connectivity index (χ2n) is 6.07. The Bertz CT molecular complexity index is 1120. The highest BCUT2D eigenvalue weighted by Gasteiger charge is 2.17. The van der Waals surface area contributed by atoms with Gasteiger partial charge in [-0.15, -0.1) is 0 Å². The summed E-state index contributed by atoms with van der Waals surface area (Å²) >= 11 is 0. The van der Waals surface area contributed by atoms with E-state index in [4.69, 9.17) is 10.5 Å². The van der Waals surface area contributed by atoms with Crippen molar-refractivity contribution in [1.29, 1.82) is 0 Å². The lowest BCUT2D eigenvalue weighted by molar-refractivity contribution is -0.0424. The molecule has 2 aromatic heterocycles. The standard InChI is InChI=1S/C20H18N4O3/c1-27-15-7-3-4-12(9-15)16-10-24(19-17(16)18(21)22-11-23-19)14-6-2-5-13(8-14)20(25)26/h2-11,20,25-26H,1H3,(H2,21,22,23). The zero-order valence-electron chi connectivity index (χ0n) is 14.6. The maximum atomic E-state index is 9.48. The predicted molar refractivity (Wildman–Crippen MR) is 102 cm³/mol. The summed E-state index contributed by atoms with van der Waals surface area (Å²) in [5, 5.41) is 19.7. The van der Waals surface area contributed by atoms with Crippen LogP contribution in [0.25, 0.3) is 27.8 Å². The summed E-state index contributed by atoms with van der Waals surface area (Å²) < 4.78 is 7.18. The van der Waals surface area contributed by atoms with Crippen molar-refractivity contribution in [2.24, 2.45) is 0 Å². The molecule has 136 valence electrons. The molecule has 0 saturated heterocycles. The summed E-state index contributed by atoms with van der Waals surface area (Å²) in [6.07, 6.45) is 1.77. The molecule has 0 spiro atoms. The van der Waals surface area contributed by atoms with E-state index in [1.54, 1.807) is 25.3 Å². The van der Waals surface area contributed by atoms with Crippen LogP contribution in [0.1, 0.15) is 11.9 Å². The molecule has 4 rings (SSSR count). The summed E-state index contributed by atoms with van der Waals surface area (Å²) in [5.41, 5.74) is 9.68. The van der Waals surface area contributed by atoms with E-state index >= 15 is 0 Å². The third-order valence-electron chi connectivity index (χ3n) is 4.44. The fourth-order valence-corrected chi connectivity index (χ4v) is 3.13. The molecule has 0 saturated carbocycles. The van der Waals surface area contributed by atoms with Gasteiger partial charge in [-0.05, 0) is 29.8 Å². The van der Waals surface area contributed by atoms with Gasteiger partial charge in [-0.2, -0.15) is 0 Å². The molecule has 7 nitrogen and oxygen atoms in total. The second-order valence-corrected chi connectivity index (χ2v) is 6.07. The Morgan fingerprint density at radius 2 is 1.89 bits per heavy atom. The Balaban J connectivity index is 1.98. The molecule has 0 fully saturated rings. The van der Waals surface area contributed by atoms with Crippen molar-refractivity contribution in [3.05, 3.63) is 66.6 Å². The zero-order valence-corrected chi connectivity index (χ0v) is 14.6. The number of aromatic nitrogens is 3. The van der Waals surface area contributed by atoms with Crippen LogP contribution in [0.4, 0.5) is 5.82 Å². The van der Waals surface area contributed by atoms with E-state index in [9.17, 15) is 10.2 Å². The number of anilines is 1. The fourth-order valence-electron chi connectivity index (χ4n) is 3.13. The van der Waals surface area contributed by atoms with Crippen molar-refractivity contribution in [3.8, 4) is 22.6 Å². The van der Waals surface area contributed by atoms with Crippen molar-refractivity contribution in [1.82, 2.24) is 14.5 Å². The number of hydrogen-bond acceptors (Lipinski definition) is 6. The highest BCUT2D eigenvalue weighted by molar-refractivity contribution is 6.01. The molecule has 4 N–H and O–H groups in total. The van der Waals surface area contributed by atoms with Gasteiger partial charge in [0.05, 0.1) is 12.5 Å². The highest BCUT2D eigenvalue weighted by Crippen LogP contribution is 2.35. The van der Waals surface area contributed by atoms with Gasteiger partial charge in [0.25, 0.3) is 0 Å². The minimum atomic E-state index is -1.55. The molecule has 0 amide bonds. The summed E-state index contributed by atoms with van der Waals surface area (Å²) in [5.74, 6) is 1.10. The number of methoxy groups -OCH3 is 1. The number of ether oxygens (including phenoxy) is 1. The van der Waals surface area contributed by atoms with E-state index in [-0.39, 0.29) is 0 Å². The largest absolute Gasteiger partial charge is 0.497 e. The first kappa shape index (κ1) is 17.0. The van der Waals surface area contributed by atoms with Gasteiger partial charge in [0.1, 0.15) is 17.9 Å². The maximum absolute atomic E-state index is 9.48. The zero-order chi connectivity index (χ0) is 19.0. The molecule has 0 atom stereocenters. The topological polar surface area (TPSA) is 106 Å². The van der Waals surface area contributed by atoms with Crippen molar-refractivity contribution in [2.75, 3.05) is 12.8 Å². The van der Waals surface area contributed by atoms with E-state index in [0.717, 1.165) is 28.0 Å². The van der Waals surface area contributed by atoms with Crippen LogP contribution < -0.4 is 10.5 Å². The molecule has 0 aliphatic rings. The van der Waals surface area contributed by atoms with Gasteiger partial charge in [-0.3, -0.25) is 0 Å². The molecular formula is C20H18N4O3. The summed E-state index contributed by atoms with van der Waals surface area (Å²) in [6.45, 7) is 0. The summed E-state index contributed by atoms with van der Waals surface area (Å²) in [7, 11) is 1.62. The van der Waals surface area contributed by atoms with E-state index in [2.05, 4.69) is 9.97 Å². The predicted octanol–water partition coefficient (Wildman–Crippen LogP) is 2.66. The Morgan fingerprint density at radius 1 is 1.07 bits per heavy atom. The number of aliphatic hydroxyl groups is 2. The van der Waals surface area contributed by atoms with Crippen molar-refractivity contribution < 1.29 is 14.9 Å². The number of nitrogens with zero attached hydrogens (tertiary/aromatic N) is 3. The number of fused-ring (bicyclic) bond motifs is 1. The molecule has 0 aliphatic heterocycles. The normalized spacial score (nSPS) is 11.3. The lowest BCUT2D eigenvalue weighted by Gasteiger charge is -2.08. The van der Waals surface area contributed by atoms with Gasteiger partial charge in [0.15, 0.2) is 11.9 Å². The number of hydrogen-bond donors (Lipinski definition) is 3. The number of nitrogen functional groups attached to an aromatic ring is 1. The third-order valence-corrected chi connectivity index (χ3v) is 4.44. The highest BCUT2D eigenvalue weighted by atomic mass is 16.5. The van der Waals surface area contributed by atoms with Crippen molar-refractivity contribution in [3.63, 3.8) is 0 Å². The third kappa shape index (κ3) is 2.99. The first-order valence-electron chi connectivity index (χ1n) is 8.31. The van der Waals surface area contributed by atoms with E-state index in [1.165, 1.54) is 6.33 Å². The van der Waals surface area contributed by atoms with Gasteiger partial charge >= 0.3 is 0 Å². The lowest BCUT2D eigenvalue weighted by atomic mass is 10.1. The van der Waals surface area contributed by atoms with Crippen LogP contribution in [0.2, 0.25) is 0 Å². The van der Waals surface area contributed by atoms with Crippen molar-refractivity contribution >= 4 is 16.9 Å². The summed E-state index contributed by atoms with van der Waals surface area (Å²) in [6, 6.07) is 14.6. The van der Waals surface area contributed by atoms with Gasteiger partial charge in [-0.25, -0.2) is 9.97 Å². The molecule has 2 aromatic carbocycles. The monoisotopic (exact) mass is 362 g/mol. The van der Waals surface area contributed by atoms with Crippen LogP contribution >= 0.6 is 0 Å². The Labute approximate surface area is 155 Å². The molecule has 2 heterocycles. The number of benzene rings is 2. The smallest absolute Gasteiger partial charge is 0.178 e. The van der Waals surface area contributed by atoms with Crippen LogP contribution in [0.3, 0.4) is 0 Å². The molecule has 0 unspecified atom stereocenters. The number of rotatable bonds is 4. The van der Waals surface area contributed by atoms with Crippen LogP contribution in [-0.2, 0) is 0 Å². The fraction of sp³-hybridized carbons (Fsp3) is 0.100. The minimum absolute atomic E-state index is 0.370. The van der Waals surface area contributed by atoms with Crippen LogP contribution in [0.5, 0.6) is 5.75 Å². The van der Waals surface area contributed by atoms with Crippen LogP contribution in [-0.4, -0.2) is 31.9 Å². The minimum Gasteiger partial charge on any atom is -0.497 e. The second kappa shape index (κ2) is 6.71. The average molecular weight is 362 g/mol. The molecule has 0 aliphatic carbocycles. The van der Waals surface area contributed by atoms with Gasteiger partial charge < -0.3 is 25.3 Å². The Kier molecular flexibility index (Phi) is 4.23. The molecule has 0 bridgehead atoms. The first-order chi connectivity index (χ1) is 13.1. The molecule has 27 heavy (non-hydrogen) atoms. The first-order valence-corrected chi connectivity index (χ1v) is 8.31. The summed E-state index contributed by atoms with van der Waals surface area (Å²) in [4.78, 5) is 8.53.